The number of nitrogens with zero attached hydrogens (tertiary/aromatic N) is 1. The third-order valence-corrected chi connectivity index (χ3v) is 13.9. The summed E-state index contributed by atoms with van der Waals surface area (Å²) in [5, 5.41) is 4.81. The standard InChI is InChI=1S/C56H33NO/c1-6-20-41-35(15-1)36-16-2-7-21-42(36)55(41)44-23-9-11-25-46(44)56(47-26-12-10-24-45(47)55)43-22-8-3-18-38(43)53-48(56)30-31-50-54(53)39-19-4-13-27-49(39)57(50)34-29-32-52-40(33-34)37-17-5-14-28-51(37)58-52/h1-33H. The van der Waals surface area contributed by atoms with Gasteiger partial charge in [-0.05, 0) is 103 Å². The predicted molar refractivity (Wildman–Crippen MR) is 236 cm³/mol. The molecule has 2 nitrogen and oxygen atoms in total. The molecule has 0 saturated heterocycles. The molecule has 2 aromatic heterocycles. The van der Waals surface area contributed by atoms with Gasteiger partial charge in [-0.3, -0.25) is 0 Å². The van der Waals surface area contributed by atoms with Crippen LogP contribution in [0.5, 0.6) is 0 Å². The van der Waals surface area contributed by atoms with Crippen LogP contribution in [0.4, 0.5) is 0 Å². The second kappa shape index (κ2) is 10.7. The van der Waals surface area contributed by atoms with Gasteiger partial charge in [0.05, 0.1) is 21.9 Å². The monoisotopic (exact) mass is 735 g/mol. The molecule has 9 aromatic carbocycles. The van der Waals surface area contributed by atoms with E-state index in [1.807, 2.05) is 6.07 Å². The molecular weight excluding hydrogens is 703 g/mol. The Morgan fingerprint density at radius 1 is 0.328 bits per heavy atom. The van der Waals surface area contributed by atoms with Gasteiger partial charge < -0.3 is 8.98 Å². The van der Waals surface area contributed by atoms with Gasteiger partial charge in [0.25, 0.3) is 0 Å². The quantitative estimate of drug-likeness (QED) is 0.164. The molecule has 0 radical (unpaired) electrons. The fraction of sp³-hybridized carbons (Fsp3) is 0.0357. The van der Waals surface area contributed by atoms with Gasteiger partial charge in [0.15, 0.2) is 0 Å². The van der Waals surface area contributed by atoms with Gasteiger partial charge in [0.2, 0.25) is 0 Å². The molecule has 0 amide bonds. The Labute approximate surface area is 334 Å². The van der Waals surface area contributed by atoms with Gasteiger partial charge in [-0.15, -0.1) is 0 Å². The van der Waals surface area contributed by atoms with Gasteiger partial charge in [-0.25, -0.2) is 0 Å². The first kappa shape index (κ1) is 30.8. The Hall–Kier alpha value is -7.42. The summed E-state index contributed by atoms with van der Waals surface area (Å²) in [5.41, 5.74) is 20.4. The molecule has 0 unspecified atom stereocenters. The van der Waals surface area contributed by atoms with Crippen molar-refractivity contribution in [3.05, 3.63) is 245 Å². The molecule has 2 spiro atoms. The van der Waals surface area contributed by atoms with E-state index >= 15 is 0 Å². The van der Waals surface area contributed by atoms with Gasteiger partial charge in [0, 0.05) is 27.2 Å². The molecular formula is C56H33NO. The number of benzene rings is 9. The Kier molecular flexibility index (Phi) is 5.67. The van der Waals surface area contributed by atoms with Crippen molar-refractivity contribution in [1.82, 2.24) is 4.57 Å². The lowest BCUT2D eigenvalue weighted by atomic mass is 9.52. The molecule has 58 heavy (non-hydrogen) atoms. The maximum atomic E-state index is 6.28. The Balaban J connectivity index is 1.12. The van der Waals surface area contributed by atoms with Crippen molar-refractivity contribution >= 4 is 43.7 Å². The Morgan fingerprint density at radius 2 is 0.810 bits per heavy atom. The van der Waals surface area contributed by atoms with Gasteiger partial charge >= 0.3 is 0 Å². The van der Waals surface area contributed by atoms with E-state index in [0.29, 0.717) is 0 Å². The molecule has 2 heteroatoms. The van der Waals surface area contributed by atoms with Crippen LogP contribution < -0.4 is 0 Å². The van der Waals surface area contributed by atoms with Crippen LogP contribution in [0.25, 0.3) is 71.7 Å². The highest BCUT2D eigenvalue weighted by Gasteiger charge is 2.59. The lowest BCUT2D eigenvalue weighted by Gasteiger charge is -2.48. The Bertz CT molecular complexity index is 3500. The minimum atomic E-state index is -0.539. The summed E-state index contributed by atoms with van der Waals surface area (Å²) in [6.07, 6.45) is 0. The smallest absolute Gasteiger partial charge is 0.135 e. The first-order valence-corrected chi connectivity index (χ1v) is 20.3. The third kappa shape index (κ3) is 3.41. The minimum Gasteiger partial charge on any atom is -0.456 e. The molecule has 0 N–H and O–H groups in total. The molecule has 0 fully saturated rings. The average Bonchev–Trinajstić information content (AvgIpc) is 4.00. The topological polar surface area (TPSA) is 18.1 Å². The molecule has 14 rings (SSSR count). The van der Waals surface area contributed by atoms with Crippen molar-refractivity contribution in [3.8, 4) is 27.9 Å². The normalized spacial score (nSPS) is 14.8. The van der Waals surface area contributed by atoms with Crippen molar-refractivity contribution in [2.45, 2.75) is 10.8 Å². The highest BCUT2D eigenvalue weighted by atomic mass is 16.3. The van der Waals surface area contributed by atoms with E-state index in [1.165, 1.54) is 88.6 Å². The van der Waals surface area contributed by atoms with E-state index in [0.717, 1.165) is 27.6 Å². The minimum absolute atomic E-state index is 0.459. The van der Waals surface area contributed by atoms with Gasteiger partial charge in [0.1, 0.15) is 11.2 Å². The number of hydrogen-bond donors (Lipinski definition) is 0. The van der Waals surface area contributed by atoms with Crippen LogP contribution in [-0.2, 0) is 10.8 Å². The van der Waals surface area contributed by atoms with Crippen molar-refractivity contribution in [2.24, 2.45) is 0 Å². The third-order valence-electron chi connectivity index (χ3n) is 13.9. The highest BCUT2D eigenvalue weighted by Crippen LogP contribution is 2.68. The average molecular weight is 736 g/mol. The zero-order chi connectivity index (χ0) is 37.7. The summed E-state index contributed by atoms with van der Waals surface area (Å²) in [7, 11) is 0. The van der Waals surface area contributed by atoms with Crippen LogP contribution in [0.3, 0.4) is 0 Å². The number of furan rings is 1. The van der Waals surface area contributed by atoms with Crippen LogP contribution in [-0.4, -0.2) is 4.57 Å². The second-order valence-electron chi connectivity index (χ2n) is 16.2. The van der Waals surface area contributed by atoms with E-state index in [-0.39, 0.29) is 0 Å². The molecule has 11 aromatic rings. The zero-order valence-corrected chi connectivity index (χ0v) is 31.4. The summed E-state index contributed by atoms with van der Waals surface area (Å²) >= 11 is 0. The van der Waals surface area contributed by atoms with E-state index in [4.69, 9.17) is 4.42 Å². The van der Waals surface area contributed by atoms with Crippen molar-refractivity contribution in [1.29, 1.82) is 0 Å². The first-order valence-electron chi connectivity index (χ1n) is 20.3. The summed E-state index contributed by atoms with van der Waals surface area (Å²) in [4.78, 5) is 0. The van der Waals surface area contributed by atoms with Crippen molar-refractivity contribution < 1.29 is 4.42 Å². The molecule has 268 valence electrons. The number of para-hydroxylation sites is 2. The molecule has 0 atom stereocenters. The first-order chi connectivity index (χ1) is 28.8. The fourth-order valence-corrected chi connectivity index (χ4v) is 11.9. The van der Waals surface area contributed by atoms with Crippen LogP contribution >= 0.6 is 0 Å². The summed E-state index contributed by atoms with van der Waals surface area (Å²) in [5.74, 6) is 0. The summed E-state index contributed by atoms with van der Waals surface area (Å²) in [6, 6.07) is 75.0. The van der Waals surface area contributed by atoms with Gasteiger partial charge in [-0.2, -0.15) is 0 Å². The predicted octanol–water partition coefficient (Wildman–Crippen LogP) is 13.7. The molecule has 2 heterocycles. The van der Waals surface area contributed by atoms with E-state index in [1.54, 1.807) is 0 Å². The molecule has 3 aliphatic carbocycles. The summed E-state index contributed by atoms with van der Waals surface area (Å²) in [6.45, 7) is 0. The van der Waals surface area contributed by atoms with Crippen molar-refractivity contribution in [2.75, 3.05) is 0 Å². The molecule has 0 bridgehead atoms. The fourth-order valence-electron chi connectivity index (χ4n) is 11.9. The lowest BCUT2D eigenvalue weighted by molar-refractivity contribution is 0.633. The largest absolute Gasteiger partial charge is 0.456 e. The van der Waals surface area contributed by atoms with Crippen LogP contribution in [0.1, 0.15) is 44.5 Å². The van der Waals surface area contributed by atoms with Crippen LogP contribution in [0.2, 0.25) is 0 Å². The molecule has 3 aliphatic rings. The van der Waals surface area contributed by atoms with Crippen LogP contribution in [0.15, 0.2) is 205 Å². The van der Waals surface area contributed by atoms with E-state index in [2.05, 4.69) is 199 Å². The van der Waals surface area contributed by atoms with Gasteiger partial charge in [-0.1, -0.05) is 164 Å². The number of fused-ring (bicyclic) bond motifs is 23. The molecule has 0 saturated carbocycles. The SMILES string of the molecule is c1ccc2c(c1)-c1ccccc1C21c2ccccc2C2(c3ccccc3-c3c2ccc2c3c3ccccc3n2-c2ccc3oc4ccccc4c3c2)c2ccccc21. The summed E-state index contributed by atoms with van der Waals surface area (Å²) < 4.78 is 8.75. The van der Waals surface area contributed by atoms with Crippen LogP contribution in [0, 0.1) is 0 Å². The number of hydrogen-bond acceptors (Lipinski definition) is 1. The molecule has 0 aliphatic heterocycles. The highest BCUT2D eigenvalue weighted by molar-refractivity contribution is 6.19. The maximum Gasteiger partial charge on any atom is 0.135 e. The second-order valence-corrected chi connectivity index (χ2v) is 16.2. The maximum absolute atomic E-state index is 6.28. The Morgan fingerprint density at radius 3 is 1.47 bits per heavy atom. The van der Waals surface area contributed by atoms with E-state index in [9.17, 15) is 0 Å². The number of rotatable bonds is 1. The zero-order valence-electron chi connectivity index (χ0n) is 31.4. The number of aromatic nitrogens is 1. The van der Waals surface area contributed by atoms with E-state index < -0.39 is 10.8 Å². The van der Waals surface area contributed by atoms with Crippen molar-refractivity contribution in [3.63, 3.8) is 0 Å². The lowest BCUT2D eigenvalue weighted by Crippen LogP contribution is -2.43.